The first kappa shape index (κ1) is 10.7. The minimum absolute atomic E-state index is 0.0487. The minimum Gasteiger partial charge on any atom is -0.369 e. The second kappa shape index (κ2) is 4.76. The van der Waals surface area contributed by atoms with Crippen LogP contribution in [0.1, 0.15) is 11.1 Å². The Balaban J connectivity index is 2.83. The molecule has 5 heteroatoms. The fourth-order valence-corrected chi connectivity index (χ4v) is 1.25. The van der Waals surface area contributed by atoms with Crippen molar-refractivity contribution in [2.45, 2.75) is 6.92 Å². The molecule has 0 fully saturated rings. The standard InChI is InChI=1S/C9H11BrN4/c1-6-2-3-7(4-8(6)10)5-13-14-9(11)12/h2-5H,1H3,(H4,11,12,14)/b13-5-. The van der Waals surface area contributed by atoms with Gasteiger partial charge in [-0.1, -0.05) is 28.1 Å². The van der Waals surface area contributed by atoms with Crippen LogP contribution in [0, 0.1) is 6.92 Å². The molecule has 1 aromatic rings. The van der Waals surface area contributed by atoms with Crippen LogP contribution in [0.2, 0.25) is 0 Å². The zero-order valence-corrected chi connectivity index (χ0v) is 9.32. The summed E-state index contributed by atoms with van der Waals surface area (Å²) in [5.74, 6) is -0.0487. The van der Waals surface area contributed by atoms with Gasteiger partial charge in [0.1, 0.15) is 0 Å². The molecule has 0 amide bonds. The molecule has 0 saturated heterocycles. The molecule has 0 atom stereocenters. The molecule has 1 rings (SSSR count). The summed E-state index contributed by atoms with van der Waals surface area (Å²) in [5.41, 5.74) is 12.3. The largest absolute Gasteiger partial charge is 0.369 e. The van der Waals surface area contributed by atoms with Crippen molar-refractivity contribution < 1.29 is 0 Å². The maximum atomic E-state index is 5.12. The van der Waals surface area contributed by atoms with Crippen LogP contribution in [0.3, 0.4) is 0 Å². The molecule has 0 spiro atoms. The van der Waals surface area contributed by atoms with Crippen LogP contribution in [-0.2, 0) is 0 Å². The molecule has 0 bridgehead atoms. The fourth-order valence-electron chi connectivity index (χ4n) is 0.852. The molecule has 4 nitrogen and oxygen atoms in total. The Morgan fingerprint density at radius 2 is 2.14 bits per heavy atom. The lowest BCUT2D eigenvalue weighted by Gasteiger charge is -1.97. The van der Waals surface area contributed by atoms with Gasteiger partial charge in [0.25, 0.3) is 0 Å². The second-order valence-corrected chi connectivity index (χ2v) is 3.63. The molecule has 1 aromatic carbocycles. The number of nitrogens with two attached hydrogens (primary N) is 2. The Morgan fingerprint density at radius 3 is 2.71 bits per heavy atom. The van der Waals surface area contributed by atoms with Gasteiger partial charge in [0, 0.05) is 4.47 Å². The highest BCUT2D eigenvalue weighted by Gasteiger charge is 1.94. The molecule has 0 aliphatic carbocycles. The zero-order valence-electron chi connectivity index (χ0n) is 7.74. The van der Waals surface area contributed by atoms with Crippen molar-refractivity contribution in [3.8, 4) is 0 Å². The predicted molar refractivity (Wildman–Crippen MR) is 62.3 cm³/mol. The van der Waals surface area contributed by atoms with Crippen LogP contribution in [0.5, 0.6) is 0 Å². The van der Waals surface area contributed by atoms with Crippen molar-refractivity contribution in [2.24, 2.45) is 21.7 Å². The third kappa shape index (κ3) is 3.18. The molecular weight excluding hydrogens is 244 g/mol. The van der Waals surface area contributed by atoms with E-state index in [2.05, 4.69) is 26.1 Å². The lowest BCUT2D eigenvalue weighted by molar-refractivity contribution is 1.21. The Labute approximate surface area is 90.8 Å². The highest BCUT2D eigenvalue weighted by molar-refractivity contribution is 9.10. The molecule has 0 aromatic heterocycles. The van der Waals surface area contributed by atoms with Gasteiger partial charge in [-0.3, -0.25) is 0 Å². The summed E-state index contributed by atoms with van der Waals surface area (Å²) >= 11 is 3.42. The fraction of sp³-hybridized carbons (Fsp3) is 0.111. The zero-order chi connectivity index (χ0) is 10.6. The molecule has 14 heavy (non-hydrogen) atoms. The van der Waals surface area contributed by atoms with Gasteiger partial charge >= 0.3 is 0 Å². The summed E-state index contributed by atoms with van der Waals surface area (Å²) < 4.78 is 1.03. The van der Waals surface area contributed by atoms with Crippen molar-refractivity contribution in [1.82, 2.24) is 0 Å². The summed E-state index contributed by atoms with van der Waals surface area (Å²) in [6.07, 6.45) is 1.59. The molecule has 4 N–H and O–H groups in total. The summed E-state index contributed by atoms with van der Waals surface area (Å²) in [6.45, 7) is 2.01. The first-order valence-corrected chi connectivity index (χ1v) is 4.77. The molecule has 0 aliphatic heterocycles. The summed E-state index contributed by atoms with van der Waals surface area (Å²) in [5, 5.41) is 7.20. The van der Waals surface area contributed by atoms with E-state index < -0.39 is 0 Å². The van der Waals surface area contributed by atoms with Gasteiger partial charge < -0.3 is 11.5 Å². The number of hydrogen-bond donors (Lipinski definition) is 2. The molecule has 0 heterocycles. The number of hydrogen-bond acceptors (Lipinski definition) is 2. The molecule has 0 saturated carbocycles. The second-order valence-electron chi connectivity index (χ2n) is 2.78. The minimum atomic E-state index is -0.0487. The van der Waals surface area contributed by atoms with E-state index in [1.807, 2.05) is 25.1 Å². The SMILES string of the molecule is Cc1ccc(/C=N\N=C(N)N)cc1Br. The number of nitrogens with zero attached hydrogens (tertiary/aromatic N) is 2. The summed E-state index contributed by atoms with van der Waals surface area (Å²) in [7, 11) is 0. The number of guanidine groups is 1. The van der Waals surface area contributed by atoms with Gasteiger partial charge in [-0.15, -0.1) is 5.10 Å². The van der Waals surface area contributed by atoms with E-state index in [9.17, 15) is 0 Å². The molecule has 0 aliphatic rings. The number of halogens is 1. The van der Waals surface area contributed by atoms with Crippen LogP contribution in [0.15, 0.2) is 32.9 Å². The van der Waals surface area contributed by atoms with Crippen LogP contribution in [-0.4, -0.2) is 12.2 Å². The van der Waals surface area contributed by atoms with E-state index in [1.54, 1.807) is 6.21 Å². The quantitative estimate of drug-likeness (QED) is 0.475. The van der Waals surface area contributed by atoms with E-state index in [1.165, 1.54) is 5.56 Å². The van der Waals surface area contributed by atoms with Crippen molar-refractivity contribution in [3.63, 3.8) is 0 Å². The molecular formula is C9H11BrN4. The maximum absolute atomic E-state index is 5.12. The van der Waals surface area contributed by atoms with Crippen LogP contribution < -0.4 is 11.5 Å². The first-order valence-electron chi connectivity index (χ1n) is 3.97. The predicted octanol–water partition coefficient (Wildman–Crippen LogP) is 1.36. The number of rotatable bonds is 2. The Morgan fingerprint density at radius 1 is 1.43 bits per heavy atom. The van der Waals surface area contributed by atoms with Gasteiger partial charge in [0.2, 0.25) is 5.96 Å². The maximum Gasteiger partial charge on any atom is 0.211 e. The van der Waals surface area contributed by atoms with Gasteiger partial charge in [-0.05, 0) is 24.1 Å². The molecule has 74 valence electrons. The van der Waals surface area contributed by atoms with Crippen LogP contribution >= 0.6 is 15.9 Å². The Kier molecular flexibility index (Phi) is 3.64. The van der Waals surface area contributed by atoms with Gasteiger partial charge in [-0.2, -0.15) is 5.10 Å². The van der Waals surface area contributed by atoms with E-state index >= 15 is 0 Å². The van der Waals surface area contributed by atoms with Crippen LogP contribution in [0.4, 0.5) is 0 Å². The van der Waals surface area contributed by atoms with Gasteiger partial charge in [-0.25, -0.2) is 0 Å². The van der Waals surface area contributed by atoms with E-state index in [0.717, 1.165) is 10.0 Å². The molecule has 0 radical (unpaired) electrons. The number of benzene rings is 1. The third-order valence-corrected chi connectivity index (χ3v) is 2.43. The third-order valence-electron chi connectivity index (χ3n) is 1.58. The number of aryl methyl sites for hydroxylation is 1. The van der Waals surface area contributed by atoms with E-state index in [-0.39, 0.29) is 5.96 Å². The van der Waals surface area contributed by atoms with Crippen LogP contribution in [0.25, 0.3) is 0 Å². The summed E-state index contributed by atoms with van der Waals surface area (Å²) in [6, 6.07) is 5.87. The highest BCUT2D eigenvalue weighted by atomic mass is 79.9. The summed E-state index contributed by atoms with van der Waals surface area (Å²) in [4.78, 5) is 0. The van der Waals surface area contributed by atoms with E-state index in [0.29, 0.717) is 0 Å². The first-order chi connectivity index (χ1) is 6.59. The lowest BCUT2D eigenvalue weighted by Crippen LogP contribution is -2.21. The Bertz CT molecular complexity index is 380. The average Bonchev–Trinajstić information content (AvgIpc) is 2.10. The Hall–Kier alpha value is -1.36. The molecule has 0 unspecified atom stereocenters. The monoisotopic (exact) mass is 254 g/mol. The smallest absolute Gasteiger partial charge is 0.211 e. The normalized spacial score (nSPS) is 10.4. The van der Waals surface area contributed by atoms with Gasteiger partial charge in [0.05, 0.1) is 6.21 Å². The highest BCUT2D eigenvalue weighted by Crippen LogP contribution is 2.16. The van der Waals surface area contributed by atoms with E-state index in [4.69, 9.17) is 11.5 Å². The van der Waals surface area contributed by atoms with Crippen molar-refractivity contribution in [1.29, 1.82) is 0 Å². The average molecular weight is 255 g/mol. The van der Waals surface area contributed by atoms with Gasteiger partial charge in [0.15, 0.2) is 0 Å². The lowest BCUT2D eigenvalue weighted by atomic mass is 10.2. The van der Waals surface area contributed by atoms with Crippen molar-refractivity contribution in [2.75, 3.05) is 0 Å². The topological polar surface area (TPSA) is 76.8 Å². The van der Waals surface area contributed by atoms with Crippen molar-refractivity contribution in [3.05, 3.63) is 33.8 Å². The van der Waals surface area contributed by atoms with Crippen molar-refractivity contribution >= 4 is 28.1 Å².